The Hall–Kier alpha value is -4.03. The van der Waals surface area contributed by atoms with Gasteiger partial charge in [0.25, 0.3) is 0 Å². The first-order valence-corrected chi connectivity index (χ1v) is 10.9. The van der Waals surface area contributed by atoms with Gasteiger partial charge in [-0.3, -0.25) is 15.0 Å². The number of rotatable bonds is 5. The summed E-state index contributed by atoms with van der Waals surface area (Å²) in [5, 5.41) is 2.75. The summed E-state index contributed by atoms with van der Waals surface area (Å²) >= 11 is 0. The van der Waals surface area contributed by atoms with Gasteiger partial charge >= 0.3 is 12.2 Å². The molecular formula is C22H20F3N7O3. The lowest BCUT2D eigenvalue weighted by Gasteiger charge is -2.35. The van der Waals surface area contributed by atoms with Gasteiger partial charge in [0, 0.05) is 38.2 Å². The SMILES string of the molecule is Cc1ncc(-c2ccnc(NC(=O)N3c4nc(C(=O)CCC(F)(F)F)ncc4N4CC[C@H]3C4)c2)o1. The number of ketones is 1. The second-order valence-electron chi connectivity index (χ2n) is 8.30. The van der Waals surface area contributed by atoms with Crippen LogP contribution in [0.25, 0.3) is 11.3 Å². The van der Waals surface area contributed by atoms with Crippen molar-refractivity contribution in [2.45, 2.75) is 38.4 Å². The molecule has 0 aromatic carbocycles. The molecule has 3 aromatic rings. The number of amides is 2. The van der Waals surface area contributed by atoms with Crippen molar-refractivity contribution in [3.05, 3.63) is 42.4 Å². The Bertz CT molecular complexity index is 1290. The van der Waals surface area contributed by atoms with Crippen LogP contribution in [-0.4, -0.2) is 57.1 Å². The van der Waals surface area contributed by atoms with Gasteiger partial charge in [-0.15, -0.1) is 0 Å². The number of urea groups is 1. The van der Waals surface area contributed by atoms with Gasteiger partial charge in [0.05, 0.1) is 30.5 Å². The Balaban J connectivity index is 1.41. The zero-order valence-electron chi connectivity index (χ0n) is 18.5. The maximum absolute atomic E-state index is 13.3. The molecule has 0 unspecified atom stereocenters. The predicted molar refractivity (Wildman–Crippen MR) is 118 cm³/mol. The molecular weight excluding hydrogens is 467 g/mol. The molecule has 10 nitrogen and oxygen atoms in total. The molecule has 0 spiro atoms. The quantitative estimate of drug-likeness (QED) is 0.537. The topological polar surface area (TPSA) is 117 Å². The molecule has 0 radical (unpaired) electrons. The number of anilines is 3. The fraction of sp³-hybridized carbons (Fsp3) is 0.364. The average Bonchev–Trinajstić information content (AvgIpc) is 3.44. The number of hydrogen-bond acceptors (Lipinski definition) is 8. The number of carbonyl (C=O) groups excluding carboxylic acids is 2. The molecule has 0 aliphatic carbocycles. The number of fused-ring (bicyclic) bond motifs is 4. The Morgan fingerprint density at radius 2 is 2.06 bits per heavy atom. The molecule has 1 N–H and O–H groups in total. The number of aromatic nitrogens is 4. The summed E-state index contributed by atoms with van der Waals surface area (Å²) in [5.74, 6) is 0.273. The molecule has 2 amide bonds. The van der Waals surface area contributed by atoms with Crippen molar-refractivity contribution in [2.24, 2.45) is 0 Å². The van der Waals surface area contributed by atoms with Crippen LogP contribution in [0.2, 0.25) is 0 Å². The Morgan fingerprint density at radius 1 is 1.23 bits per heavy atom. The van der Waals surface area contributed by atoms with E-state index in [1.807, 2.05) is 4.90 Å². The van der Waals surface area contributed by atoms with E-state index in [9.17, 15) is 22.8 Å². The largest absolute Gasteiger partial charge is 0.441 e. The van der Waals surface area contributed by atoms with Crippen LogP contribution in [0.15, 0.2) is 35.1 Å². The van der Waals surface area contributed by atoms with Crippen molar-refractivity contribution in [2.75, 3.05) is 28.2 Å². The highest BCUT2D eigenvalue weighted by Crippen LogP contribution is 2.38. The molecule has 5 rings (SSSR count). The van der Waals surface area contributed by atoms with Gasteiger partial charge in [-0.2, -0.15) is 13.2 Å². The van der Waals surface area contributed by atoms with E-state index in [4.69, 9.17) is 4.42 Å². The fourth-order valence-corrected chi connectivity index (χ4v) is 4.19. The van der Waals surface area contributed by atoms with Crippen LogP contribution in [0.1, 0.15) is 35.8 Å². The number of nitrogens with one attached hydrogen (secondary N) is 1. The first-order chi connectivity index (χ1) is 16.7. The first kappa shape index (κ1) is 22.7. The van der Waals surface area contributed by atoms with Gasteiger partial charge in [-0.25, -0.2) is 24.7 Å². The average molecular weight is 487 g/mol. The third-order valence-electron chi connectivity index (χ3n) is 5.85. The van der Waals surface area contributed by atoms with E-state index in [-0.39, 0.29) is 23.5 Å². The third kappa shape index (κ3) is 4.66. The minimum Gasteiger partial charge on any atom is -0.441 e. The number of oxazole rings is 1. The van der Waals surface area contributed by atoms with Crippen molar-refractivity contribution in [1.29, 1.82) is 0 Å². The second kappa shape index (κ2) is 8.64. The number of aryl methyl sites for hydroxylation is 1. The van der Waals surface area contributed by atoms with E-state index in [0.29, 0.717) is 42.4 Å². The number of Topliss-reactive ketones (excluding diaryl/α,β-unsaturated/α-hetero) is 1. The van der Waals surface area contributed by atoms with E-state index in [0.717, 1.165) is 0 Å². The number of alkyl halides is 3. The summed E-state index contributed by atoms with van der Waals surface area (Å²) in [6, 6.07) is 2.60. The number of hydrogen-bond donors (Lipinski definition) is 1. The molecule has 0 saturated carbocycles. The number of pyridine rings is 1. The van der Waals surface area contributed by atoms with E-state index < -0.39 is 30.8 Å². The van der Waals surface area contributed by atoms with Crippen molar-refractivity contribution in [1.82, 2.24) is 19.9 Å². The van der Waals surface area contributed by atoms with Crippen molar-refractivity contribution < 1.29 is 27.2 Å². The number of nitrogens with zero attached hydrogens (tertiary/aromatic N) is 6. The summed E-state index contributed by atoms with van der Waals surface area (Å²) in [6.07, 6.45) is -1.37. The van der Waals surface area contributed by atoms with E-state index >= 15 is 0 Å². The van der Waals surface area contributed by atoms with Gasteiger partial charge in [-0.05, 0) is 18.6 Å². The van der Waals surface area contributed by atoms with Crippen LogP contribution in [-0.2, 0) is 0 Å². The van der Waals surface area contributed by atoms with Crippen molar-refractivity contribution in [3.63, 3.8) is 0 Å². The molecule has 2 aliphatic rings. The monoisotopic (exact) mass is 487 g/mol. The fourth-order valence-electron chi connectivity index (χ4n) is 4.19. The van der Waals surface area contributed by atoms with E-state index in [1.54, 1.807) is 25.3 Å². The Morgan fingerprint density at radius 3 is 2.80 bits per heavy atom. The van der Waals surface area contributed by atoms with Crippen LogP contribution in [0.3, 0.4) is 0 Å². The zero-order valence-corrected chi connectivity index (χ0v) is 18.5. The van der Waals surface area contributed by atoms with Gasteiger partial charge in [0.15, 0.2) is 29.1 Å². The summed E-state index contributed by atoms with van der Waals surface area (Å²) in [4.78, 5) is 45.5. The molecule has 13 heteroatoms. The first-order valence-electron chi connectivity index (χ1n) is 10.9. The lowest BCUT2D eigenvalue weighted by molar-refractivity contribution is -0.133. The Labute approximate surface area is 197 Å². The van der Waals surface area contributed by atoms with Crippen LogP contribution >= 0.6 is 0 Å². The van der Waals surface area contributed by atoms with Gasteiger partial charge in [0.2, 0.25) is 0 Å². The smallest absolute Gasteiger partial charge is 0.389 e. The summed E-state index contributed by atoms with van der Waals surface area (Å²) in [7, 11) is 0. The van der Waals surface area contributed by atoms with Crippen LogP contribution in [0, 0.1) is 6.92 Å². The third-order valence-corrected chi connectivity index (χ3v) is 5.85. The molecule has 3 aromatic heterocycles. The van der Waals surface area contributed by atoms with Crippen molar-refractivity contribution in [3.8, 4) is 11.3 Å². The van der Waals surface area contributed by atoms with E-state index in [2.05, 4.69) is 25.3 Å². The minimum atomic E-state index is -4.47. The molecule has 182 valence electrons. The molecule has 5 heterocycles. The highest BCUT2D eigenvalue weighted by atomic mass is 19.4. The molecule has 2 aliphatic heterocycles. The predicted octanol–water partition coefficient (Wildman–Crippen LogP) is 3.99. The summed E-state index contributed by atoms with van der Waals surface area (Å²) in [5.41, 5.74) is 1.21. The summed E-state index contributed by atoms with van der Waals surface area (Å²) in [6.45, 7) is 2.93. The lowest BCUT2D eigenvalue weighted by Crippen LogP contribution is -2.48. The molecule has 1 fully saturated rings. The van der Waals surface area contributed by atoms with E-state index in [1.165, 1.54) is 17.3 Å². The minimum absolute atomic E-state index is 0.184. The Kier molecular flexibility index (Phi) is 5.61. The number of halogens is 3. The molecule has 1 saturated heterocycles. The number of carbonyl (C=O) groups is 2. The van der Waals surface area contributed by atoms with Crippen LogP contribution < -0.4 is 15.1 Å². The van der Waals surface area contributed by atoms with Gasteiger partial charge in [-0.1, -0.05) is 0 Å². The highest BCUT2D eigenvalue weighted by Gasteiger charge is 2.41. The molecule has 1 atom stereocenters. The molecule has 35 heavy (non-hydrogen) atoms. The molecule has 2 bridgehead atoms. The van der Waals surface area contributed by atoms with Gasteiger partial charge < -0.3 is 9.32 Å². The zero-order chi connectivity index (χ0) is 24.7. The van der Waals surface area contributed by atoms with Crippen molar-refractivity contribution >= 4 is 29.1 Å². The normalized spacial score (nSPS) is 16.9. The maximum Gasteiger partial charge on any atom is 0.389 e. The maximum atomic E-state index is 13.3. The highest BCUT2D eigenvalue weighted by molar-refractivity contribution is 6.04. The standard InChI is InChI=1S/C22H20F3N7O3/c1-12-27-10-17(35-12)13-3-6-26-18(8-13)29-21(34)32-14-4-7-31(11-14)15-9-28-19(30-20(15)32)16(33)2-5-22(23,24)25/h3,6,8-10,14H,2,4-5,7,11H2,1H3,(H,26,29,34)/t14-/m0/s1. The van der Waals surface area contributed by atoms with Crippen LogP contribution in [0.4, 0.5) is 35.3 Å². The lowest BCUT2D eigenvalue weighted by atomic mass is 10.1. The van der Waals surface area contributed by atoms with Gasteiger partial charge in [0.1, 0.15) is 5.82 Å². The van der Waals surface area contributed by atoms with Crippen LogP contribution in [0.5, 0.6) is 0 Å². The summed E-state index contributed by atoms with van der Waals surface area (Å²) < 4.78 is 43.2. The second-order valence-corrected chi connectivity index (χ2v) is 8.30.